The number of carbonyl (C=O) groups is 1. The van der Waals surface area contributed by atoms with Crippen molar-refractivity contribution in [3.05, 3.63) is 36.7 Å². The summed E-state index contributed by atoms with van der Waals surface area (Å²) < 4.78 is 10.0. The maximum Gasteiger partial charge on any atom is 0.407 e. The van der Waals surface area contributed by atoms with Crippen molar-refractivity contribution >= 4 is 6.09 Å². The number of carbonyl (C=O) groups excluding carboxylic acids is 1. The molecule has 3 rings (SSSR count). The summed E-state index contributed by atoms with van der Waals surface area (Å²) in [6, 6.07) is 10.00. The van der Waals surface area contributed by atoms with Crippen LogP contribution in [-0.4, -0.2) is 27.9 Å². The molecule has 1 saturated carbocycles. The molecule has 0 bridgehead atoms. The summed E-state index contributed by atoms with van der Waals surface area (Å²) in [6.07, 6.45) is 5.75. The van der Waals surface area contributed by atoms with Gasteiger partial charge in [-0.05, 0) is 45.7 Å². The van der Waals surface area contributed by atoms with Gasteiger partial charge in [0, 0.05) is 11.6 Å². The molecule has 0 spiro atoms. The van der Waals surface area contributed by atoms with Crippen LogP contribution >= 0.6 is 0 Å². The lowest BCUT2D eigenvalue weighted by atomic mass is 10.2. The third-order valence-corrected chi connectivity index (χ3v) is 3.46. The first-order valence-electron chi connectivity index (χ1n) is 8.25. The molecule has 1 heterocycles. The molecule has 24 heavy (non-hydrogen) atoms. The van der Waals surface area contributed by atoms with Gasteiger partial charge in [0.1, 0.15) is 5.60 Å². The smallest absolute Gasteiger partial charge is 0.407 e. The van der Waals surface area contributed by atoms with Gasteiger partial charge in [0.2, 0.25) is 0 Å². The van der Waals surface area contributed by atoms with Crippen LogP contribution in [0.4, 0.5) is 4.79 Å². The average Bonchev–Trinajstić information content (AvgIpc) is 3.20. The molecular weight excluding hydrogens is 306 g/mol. The Hall–Kier alpha value is -2.37. The van der Waals surface area contributed by atoms with E-state index in [2.05, 4.69) is 15.5 Å². The molecule has 1 aromatic carbocycles. The highest BCUT2D eigenvalue weighted by Gasteiger charge is 2.21. The molecule has 1 fully saturated rings. The summed E-state index contributed by atoms with van der Waals surface area (Å²) in [5, 5.41) is 6.39. The molecule has 1 N–H and O–H groups in total. The second-order valence-electron chi connectivity index (χ2n) is 6.74. The summed E-state index contributed by atoms with van der Waals surface area (Å²) in [4.78, 5) is 15.2. The minimum absolute atomic E-state index is 0.278. The first-order chi connectivity index (χ1) is 11.4. The highest BCUT2D eigenvalue weighted by atomic mass is 16.6. The molecular formula is C18H25N3O3. The van der Waals surface area contributed by atoms with Crippen molar-refractivity contribution in [3.63, 3.8) is 0 Å². The van der Waals surface area contributed by atoms with Crippen LogP contribution in [0.3, 0.4) is 0 Å². The van der Waals surface area contributed by atoms with E-state index < -0.39 is 0 Å². The van der Waals surface area contributed by atoms with Gasteiger partial charge in [-0.25, -0.2) is 4.79 Å². The summed E-state index contributed by atoms with van der Waals surface area (Å²) in [7, 11) is 0. The monoisotopic (exact) mass is 331 g/mol. The van der Waals surface area contributed by atoms with Crippen molar-refractivity contribution in [2.45, 2.75) is 58.1 Å². The number of alkyl carbamates (subject to hydrolysis) is 1. The molecule has 2 aromatic rings. The summed E-state index contributed by atoms with van der Waals surface area (Å²) in [6.45, 7) is 5.63. The van der Waals surface area contributed by atoms with Gasteiger partial charge in [-0.1, -0.05) is 36.2 Å². The van der Waals surface area contributed by atoms with Crippen LogP contribution in [0, 0.1) is 0 Å². The van der Waals surface area contributed by atoms with Gasteiger partial charge >= 0.3 is 6.09 Å². The number of rotatable bonds is 2. The zero-order valence-electron chi connectivity index (χ0n) is 14.5. The van der Waals surface area contributed by atoms with Crippen molar-refractivity contribution in [1.29, 1.82) is 0 Å². The van der Waals surface area contributed by atoms with E-state index >= 15 is 0 Å². The van der Waals surface area contributed by atoms with E-state index in [1.807, 2.05) is 51.1 Å². The quantitative estimate of drug-likeness (QED) is 0.893. The van der Waals surface area contributed by atoms with Crippen LogP contribution in [0.2, 0.25) is 0 Å². The molecule has 1 aromatic heterocycles. The lowest BCUT2D eigenvalue weighted by molar-refractivity contribution is 0.0505. The Labute approximate surface area is 142 Å². The van der Waals surface area contributed by atoms with Crippen molar-refractivity contribution in [2.24, 2.45) is 0 Å². The summed E-state index contributed by atoms with van der Waals surface area (Å²) in [5.74, 6) is 0.561. The van der Waals surface area contributed by atoms with Crippen LogP contribution in [0.15, 0.2) is 41.2 Å². The first-order valence-corrected chi connectivity index (χ1v) is 8.25. The lowest BCUT2D eigenvalue weighted by Gasteiger charge is -2.21. The second kappa shape index (κ2) is 8.47. The molecule has 0 unspecified atom stereocenters. The SMILES string of the molecule is CC(C)(C)OC(=O)NC1CCCC1.c1ccc(-c2ncno2)cc1. The van der Waals surface area contributed by atoms with Gasteiger partial charge < -0.3 is 14.6 Å². The largest absolute Gasteiger partial charge is 0.444 e. The number of amides is 1. The number of aromatic nitrogens is 2. The molecule has 0 atom stereocenters. The highest BCUT2D eigenvalue weighted by Crippen LogP contribution is 2.18. The fourth-order valence-electron chi connectivity index (χ4n) is 2.43. The number of hydrogen-bond acceptors (Lipinski definition) is 5. The van der Waals surface area contributed by atoms with Crippen molar-refractivity contribution in [2.75, 3.05) is 0 Å². The maximum absolute atomic E-state index is 11.3. The van der Waals surface area contributed by atoms with Crippen LogP contribution in [0.5, 0.6) is 0 Å². The van der Waals surface area contributed by atoms with Crippen LogP contribution in [0.1, 0.15) is 46.5 Å². The molecule has 0 radical (unpaired) electrons. The predicted octanol–water partition coefficient (Wildman–Crippen LogP) is 4.19. The number of nitrogens with zero attached hydrogens (tertiary/aromatic N) is 2. The lowest BCUT2D eigenvalue weighted by Crippen LogP contribution is -2.37. The Morgan fingerprint density at radius 2 is 1.88 bits per heavy atom. The normalized spacial score (nSPS) is 14.6. The van der Waals surface area contributed by atoms with E-state index in [-0.39, 0.29) is 11.7 Å². The third kappa shape index (κ3) is 6.40. The minimum Gasteiger partial charge on any atom is -0.444 e. The number of nitrogens with one attached hydrogen (secondary N) is 1. The van der Waals surface area contributed by atoms with Crippen LogP contribution in [0.25, 0.3) is 11.5 Å². The Kier molecular flexibility index (Phi) is 6.35. The van der Waals surface area contributed by atoms with Crippen molar-refractivity contribution < 1.29 is 14.1 Å². The van der Waals surface area contributed by atoms with Crippen LogP contribution < -0.4 is 5.32 Å². The van der Waals surface area contributed by atoms with E-state index in [9.17, 15) is 4.79 Å². The van der Waals surface area contributed by atoms with Crippen molar-refractivity contribution in [1.82, 2.24) is 15.5 Å². The number of hydrogen-bond donors (Lipinski definition) is 1. The number of ether oxygens (including phenoxy) is 1. The topological polar surface area (TPSA) is 77.2 Å². The third-order valence-electron chi connectivity index (χ3n) is 3.46. The molecule has 1 aliphatic carbocycles. The van der Waals surface area contributed by atoms with E-state index in [1.165, 1.54) is 19.2 Å². The molecule has 6 heteroatoms. The first kappa shape index (κ1) is 18.0. The minimum atomic E-state index is -0.386. The fourth-order valence-corrected chi connectivity index (χ4v) is 2.43. The van der Waals surface area contributed by atoms with Gasteiger partial charge in [-0.2, -0.15) is 4.98 Å². The fraction of sp³-hybridized carbons (Fsp3) is 0.500. The average molecular weight is 331 g/mol. The highest BCUT2D eigenvalue weighted by molar-refractivity contribution is 5.68. The van der Waals surface area contributed by atoms with Crippen LogP contribution in [-0.2, 0) is 4.74 Å². The van der Waals surface area contributed by atoms with Gasteiger partial charge in [0.05, 0.1) is 0 Å². The summed E-state index contributed by atoms with van der Waals surface area (Å²) >= 11 is 0. The molecule has 1 aliphatic rings. The summed E-state index contributed by atoms with van der Waals surface area (Å²) in [5.41, 5.74) is 0.563. The van der Waals surface area contributed by atoms with Gasteiger partial charge in [-0.3, -0.25) is 0 Å². The zero-order valence-corrected chi connectivity index (χ0v) is 14.5. The van der Waals surface area contributed by atoms with E-state index in [4.69, 9.17) is 9.26 Å². The molecule has 1 amide bonds. The van der Waals surface area contributed by atoms with Gasteiger partial charge in [-0.15, -0.1) is 0 Å². The standard InChI is InChI=1S/C10H19NO2.C8H6N2O/c1-10(2,3)13-9(12)11-8-6-4-5-7-8;1-2-4-7(5-3-1)8-9-6-10-11-8/h8H,4-7H2,1-3H3,(H,11,12);1-6H. The Balaban J connectivity index is 0.000000175. The van der Waals surface area contributed by atoms with Gasteiger partial charge in [0.25, 0.3) is 5.89 Å². The van der Waals surface area contributed by atoms with E-state index in [0.29, 0.717) is 11.9 Å². The zero-order chi connectivity index (χ0) is 17.4. The molecule has 0 saturated heterocycles. The molecule has 6 nitrogen and oxygen atoms in total. The predicted molar refractivity (Wildman–Crippen MR) is 91.4 cm³/mol. The Morgan fingerprint density at radius 1 is 1.21 bits per heavy atom. The van der Waals surface area contributed by atoms with Crippen molar-refractivity contribution in [3.8, 4) is 11.5 Å². The van der Waals surface area contributed by atoms with Gasteiger partial charge in [0.15, 0.2) is 6.33 Å². The number of benzene rings is 1. The molecule has 0 aliphatic heterocycles. The Morgan fingerprint density at radius 3 is 2.42 bits per heavy atom. The second-order valence-corrected chi connectivity index (χ2v) is 6.74. The maximum atomic E-state index is 11.3. The van der Waals surface area contributed by atoms with E-state index in [0.717, 1.165) is 18.4 Å². The molecule has 130 valence electrons. The Bertz CT molecular complexity index is 600. The van der Waals surface area contributed by atoms with E-state index in [1.54, 1.807) is 0 Å².